The minimum absolute atomic E-state index is 0.144. The third-order valence-electron chi connectivity index (χ3n) is 21.7. The molecule has 6 heterocycles. The van der Waals surface area contributed by atoms with Crippen molar-refractivity contribution in [3.8, 4) is 113 Å². The first-order chi connectivity index (χ1) is 53.8. The zero-order chi connectivity index (χ0) is 72.3. The molecular formula is C99H64N8O2. The van der Waals surface area contributed by atoms with Crippen LogP contribution in [-0.4, -0.2) is 39.0 Å². The van der Waals surface area contributed by atoms with Crippen LogP contribution in [0.1, 0.15) is 25.0 Å². The van der Waals surface area contributed by atoms with Crippen molar-refractivity contribution in [2.24, 2.45) is 0 Å². The molecule has 109 heavy (non-hydrogen) atoms. The van der Waals surface area contributed by atoms with Gasteiger partial charge in [-0.2, -0.15) is 0 Å². The van der Waals surface area contributed by atoms with Gasteiger partial charge in [0.25, 0.3) is 0 Å². The van der Waals surface area contributed by atoms with E-state index in [9.17, 15) is 0 Å². The summed E-state index contributed by atoms with van der Waals surface area (Å²) < 4.78 is 18.8. The van der Waals surface area contributed by atoms with Gasteiger partial charge >= 0.3 is 0 Å². The molecule has 0 radical (unpaired) electrons. The highest BCUT2D eigenvalue weighted by molar-refractivity contribution is 6.26. The minimum Gasteiger partial charge on any atom is -0.455 e. The highest BCUT2D eigenvalue weighted by atomic mass is 16.3. The molecule has 0 spiro atoms. The largest absolute Gasteiger partial charge is 0.455 e. The molecule has 1 aliphatic carbocycles. The van der Waals surface area contributed by atoms with Crippen LogP contribution in [0.5, 0.6) is 0 Å². The van der Waals surface area contributed by atoms with Crippen LogP contribution in [-0.2, 0) is 5.41 Å². The molecule has 21 aromatic rings. The van der Waals surface area contributed by atoms with Gasteiger partial charge in [0, 0.05) is 71.4 Å². The van der Waals surface area contributed by atoms with Crippen LogP contribution in [0, 0.1) is 0 Å². The molecule has 22 rings (SSSR count). The molecule has 0 atom stereocenters. The summed E-state index contributed by atoms with van der Waals surface area (Å²) in [6, 6.07) is 123. The first-order valence-electron chi connectivity index (χ1n) is 36.8. The fourth-order valence-electron chi connectivity index (χ4n) is 16.6. The van der Waals surface area contributed by atoms with Crippen molar-refractivity contribution < 1.29 is 8.83 Å². The normalized spacial score (nSPS) is 12.4. The summed E-state index contributed by atoms with van der Waals surface area (Å²) in [6.07, 6.45) is 0. The Morgan fingerprint density at radius 3 is 1.06 bits per heavy atom. The Hall–Kier alpha value is -14.5. The second kappa shape index (κ2) is 25.4. The van der Waals surface area contributed by atoms with Crippen LogP contribution >= 0.6 is 0 Å². The summed E-state index contributed by atoms with van der Waals surface area (Å²) in [5.41, 5.74) is 24.9. The molecule has 0 aliphatic heterocycles. The summed E-state index contributed by atoms with van der Waals surface area (Å²) in [7, 11) is 0. The maximum absolute atomic E-state index is 7.07. The fraction of sp³-hybridized carbons (Fsp3) is 0.0303. The summed E-state index contributed by atoms with van der Waals surface area (Å²) in [6.45, 7) is 4.60. The predicted octanol–water partition coefficient (Wildman–Crippen LogP) is 25.4. The van der Waals surface area contributed by atoms with E-state index in [1.807, 2.05) is 97.1 Å². The lowest BCUT2D eigenvalue weighted by molar-refractivity contribution is 0.660. The average Bonchev–Trinajstić information content (AvgIpc) is 1.57. The lowest BCUT2D eigenvalue weighted by Crippen LogP contribution is -2.15. The Morgan fingerprint density at radius 2 is 0.578 bits per heavy atom. The van der Waals surface area contributed by atoms with E-state index in [-0.39, 0.29) is 5.41 Å². The maximum atomic E-state index is 7.07. The van der Waals surface area contributed by atoms with E-state index in [1.165, 1.54) is 33.4 Å². The number of hydrogen-bond donors (Lipinski definition) is 0. The third kappa shape index (κ3) is 10.5. The molecule has 0 saturated carbocycles. The van der Waals surface area contributed by atoms with E-state index in [0.717, 1.165) is 143 Å². The standard InChI is InChI=1S/C51H32N4O.C48H32N4O/c1-5-16-33(17-6-1)37-30-38(34-18-7-2-8-19-34)32-39(31-37)55-44-27-14-13-24-42(44)46-45(55)29-28-41-40-25-15-26-43(47(40)56-48(41)46)51-53-49(35-20-9-3-10-21-35)52-50(54-51)36-22-11-4-12-23-36;1-48(2)38-22-11-9-18-32(38)33-25-24-30(28-39(33)48)46-49-45(29-14-5-3-6-15-29)50-47(51-46)37-21-13-20-34-35-26-27-41-42(44(35)53-43(34)37)36-19-10-12-23-40(36)52(41)31-16-7-4-8-17-31/h1-32H;3-28H,1-2H3. The van der Waals surface area contributed by atoms with E-state index < -0.39 is 0 Å². The van der Waals surface area contributed by atoms with Crippen molar-refractivity contribution in [3.63, 3.8) is 0 Å². The SMILES string of the molecule is CC1(C)c2ccccc2-c2ccc(-c3nc(-c4ccccc4)nc(-c4cccc5c4oc4c5ccc5c4c4ccccc4n5-c4ccccc4)n3)cc21.c1ccc(-c2cc(-c3ccccc3)cc(-n3c4ccccc4c4c5oc6c(-c7nc(-c8ccccc8)nc(-c8ccccc8)n7)cccc6c5ccc43)c2)cc1. The Labute approximate surface area is 626 Å². The van der Waals surface area contributed by atoms with Crippen molar-refractivity contribution in [2.75, 3.05) is 0 Å². The zero-order valence-corrected chi connectivity index (χ0v) is 59.4. The molecule has 0 bridgehead atoms. The van der Waals surface area contributed by atoms with Crippen LogP contribution in [0.3, 0.4) is 0 Å². The maximum Gasteiger partial charge on any atom is 0.167 e. The van der Waals surface area contributed by atoms with Gasteiger partial charge in [-0.1, -0.05) is 281 Å². The van der Waals surface area contributed by atoms with Crippen LogP contribution < -0.4 is 0 Å². The van der Waals surface area contributed by atoms with Gasteiger partial charge in [0.05, 0.1) is 44.0 Å². The summed E-state index contributed by atoms with van der Waals surface area (Å²) in [5.74, 6) is 3.61. The van der Waals surface area contributed by atoms with Crippen LogP contribution in [0.2, 0.25) is 0 Å². The Balaban J connectivity index is 0.000000139. The van der Waals surface area contributed by atoms with Gasteiger partial charge in [-0.15, -0.1) is 0 Å². The first kappa shape index (κ1) is 63.0. The molecule has 0 unspecified atom stereocenters. The molecule has 0 saturated heterocycles. The second-order valence-electron chi connectivity index (χ2n) is 28.4. The van der Waals surface area contributed by atoms with Gasteiger partial charge in [-0.25, -0.2) is 29.9 Å². The number of nitrogens with zero attached hydrogens (tertiary/aromatic N) is 8. The third-order valence-corrected chi connectivity index (χ3v) is 21.7. The van der Waals surface area contributed by atoms with Crippen molar-refractivity contribution in [3.05, 3.63) is 363 Å². The number of rotatable bonds is 10. The van der Waals surface area contributed by atoms with Gasteiger partial charge in [-0.3, -0.25) is 0 Å². The number of hydrogen-bond acceptors (Lipinski definition) is 8. The van der Waals surface area contributed by atoms with Crippen molar-refractivity contribution in [1.82, 2.24) is 39.0 Å². The second-order valence-corrected chi connectivity index (χ2v) is 28.4. The number of benzene rings is 15. The van der Waals surface area contributed by atoms with Gasteiger partial charge in [0.15, 0.2) is 34.9 Å². The molecule has 0 fully saturated rings. The topological polar surface area (TPSA) is 113 Å². The molecule has 0 N–H and O–H groups in total. The van der Waals surface area contributed by atoms with E-state index >= 15 is 0 Å². The van der Waals surface area contributed by atoms with Crippen molar-refractivity contribution in [1.29, 1.82) is 0 Å². The number of fused-ring (bicyclic) bond motifs is 17. The monoisotopic (exact) mass is 1400 g/mol. The molecule has 10 heteroatoms. The molecule has 1 aliphatic rings. The Bertz CT molecular complexity index is 7050. The highest BCUT2D eigenvalue weighted by Gasteiger charge is 2.36. The molecule has 6 aromatic heterocycles. The smallest absolute Gasteiger partial charge is 0.167 e. The number of aromatic nitrogens is 8. The quantitative estimate of drug-likeness (QED) is 0.133. The van der Waals surface area contributed by atoms with E-state index in [2.05, 4.69) is 278 Å². The summed E-state index contributed by atoms with van der Waals surface area (Å²) in [4.78, 5) is 30.5. The van der Waals surface area contributed by atoms with E-state index in [1.54, 1.807) is 0 Å². The van der Waals surface area contributed by atoms with Gasteiger partial charge in [-0.05, 0) is 129 Å². The number of para-hydroxylation sites is 5. The van der Waals surface area contributed by atoms with Crippen LogP contribution in [0.15, 0.2) is 361 Å². The highest BCUT2D eigenvalue weighted by Crippen LogP contribution is 2.51. The zero-order valence-electron chi connectivity index (χ0n) is 59.4. The molecule has 15 aromatic carbocycles. The molecular weight excluding hydrogens is 1330 g/mol. The van der Waals surface area contributed by atoms with Crippen LogP contribution in [0.4, 0.5) is 0 Å². The molecule has 10 nitrogen and oxygen atoms in total. The van der Waals surface area contributed by atoms with Gasteiger partial charge in [0.1, 0.15) is 22.3 Å². The van der Waals surface area contributed by atoms with Crippen molar-refractivity contribution in [2.45, 2.75) is 19.3 Å². The lowest BCUT2D eigenvalue weighted by atomic mass is 9.82. The summed E-state index contributed by atoms with van der Waals surface area (Å²) in [5, 5.41) is 8.56. The van der Waals surface area contributed by atoms with Gasteiger partial charge in [0.2, 0.25) is 0 Å². The van der Waals surface area contributed by atoms with E-state index in [0.29, 0.717) is 34.9 Å². The molecule has 0 amide bonds. The average molecular weight is 1400 g/mol. The Morgan fingerprint density at radius 1 is 0.220 bits per heavy atom. The molecule has 512 valence electrons. The van der Waals surface area contributed by atoms with Crippen LogP contribution in [0.25, 0.3) is 201 Å². The minimum atomic E-state index is -0.144. The first-order valence-corrected chi connectivity index (χ1v) is 36.8. The summed E-state index contributed by atoms with van der Waals surface area (Å²) >= 11 is 0. The van der Waals surface area contributed by atoms with E-state index in [4.69, 9.17) is 38.7 Å². The fourth-order valence-corrected chi connectivity index (χ4v) is 16.6. The predicted molar refractivity (Wildman–Crippen MR) is 444 cm³/mol. The lowest BCUT2D eigenvalue weighted by Gasteiger charge is -2.21. The van der Waals surface area contributed by atoms with Crippen molar-refractivity contribution >= 4 is 87.5 Å². The number of furan rings is 2. The Kier molecular flexibility index (Phi) is 14.7. The van der Waals surface area contributed by atoms with Gasteiger partial charge < -0.3 is 18.0 Å².